The fourth-order valence-electron chi connectivity index (χ4n) is 1.08. The largest absolute Gasteiger partial charge is 0.240 e. The number of aryl methyl sites for hydroxylation is 2. The van der Waals surface area contributed by atoms with Crippen LogP contribution in [0.1, 0.15) is 24.0 Å². The Balaban J connectivity index is 2.89. The van der Waals surface area contributed by atoms with Gasteiger partial charge in [0.25, 0.3) is 0 Å². The van der Waals surface area contributed by atoms with E-state index in [9.17, 15) is 0 Å². The predicted octanol–water partition coefficient (Wildman–Crippen LogP) is 2.21. The van der Waals surface area contributed by atoms with Gasteiger partial charge in [-0.25, -0.2) is 9.97 Å². The second-order valence-electron chi connectivity index (χ2n) is 2.70. The molecule has 1 rings (SSSR count). The van der Waals surface area contributed by atoms with E-state index < -0.39 is 0 Å². The van der Waals surface area contributed by atoms with Crippen LogP contribution in [0.25, 0.3) is 0 Å². The van der Waals surface area contributed by atoms with Gasteiger partial charge in [-0.05, 0) is 25.2 Å². The summed E-state index contributed by atoms with van der Waals surface area (Å²) in [5, 5.41) is 0. The molecule has 1 heterocycles. The Morgan fingerprint density at radius 2 is 2.25 bits per heavy atom. The molecule has 0 aliphatic heterocycles. The lowest BCUT2D eigenvalue weighted by Gasteiger charge is -2.03. The summed E-state index contributed by atoms with van der Waals surface area (Å²) in [4.78, 5) is 8.69. The minimum atomic E-state index is 0.910. The van der Waals surface area contributed by atoms with Crippen molar-refractivity contribution in [3.05, 3.63) is 23.3 Å². The number of hydrogen-bond donors (Lipinski definition) is 0. The maximum atomic E-state index is 4.45. The van der Waals surface area contributed by atoms with Gasteiger partial charge < -0.3 is 0 Å². The van der Waals surface area contributed by atoms with Gasteiger partial charge in [-0.2, -0.15) is 11.8 Å². The van der Waals surface area contributed by atoms with E-state index in [-0.39, 0.29) is 0 Å². The Bertz CT molecular complexity index is 261. The first-order valence-electron chi connectivity index (χ1n) is 4.08. The highest BCUT2D eigenvalue weighted by Gasteiger charge is 2.00. The monoisotopic (exact) mass is 182 g/mol. The van der Waals surface area contributed by atoms with Crippen LogP contribution in [0.2, 0.25) is 0 Å². The average molecular weight is 182 g/mol. The quantitative estimate of drug-likeness (QED) is 0.716. The number of thioether (sulfide) groups is 1. The second-order valence-corrected chi connectivity index (χ2v) is 3.57. The third-order valence-corrected chi connectivity index (χ3v) is 2.28. The Labute approximate surface area is 77.8 Å². The third-order valence-electron chi connectivity index (χ3n) is 1.73. The molecule has 0 fully saturated rings. The van der Waals surface area contributed by atoms with Gasteiger partial charge in [-0.1, -0.05) is 6.92 Å². The molecule has 0 N–H and O–H groups in total. The molecule has 2 nitrogen and oxygen atoms in total. The Morgan fingerprint density at radius 3 is 2.83 bits per heavy atom. The normalized spacial score (nSPS) is 10.2. The van der Waals surface area contributed by atoms with Crippen LogP contribution in [0.5, 0.6) is 0 Å². The van der Waals surface area contributed by atoms with Crippen LogP contribution in [0.3, 0.4) is 0 Å². The molecule has 0 aromatic carbocycles. The molecule has 3 heteroatoms. The summed E-state index contributed by atoms with van der Waals surface area (Å²) >= 11 is 1.75. The van der Waals surface area contributed by atoms with Gasteiger partial charge >= 0.3 is 0 Å². The van der Waals surface area contributed by atoms with E-state index in [1.165, 1.54) is 11.3 Å². The van der Waals surface area contributed by atoms with Crippen LogP contribution in [0, 0.1) is 6.92 Å². The van der Waals surface area contributed by atoms with E-state index in [0.717, 1.165) is 18.0 Å². The summed E-state index contributed by atoms with van der Waals surface area (Å²) in [5.74, 6) is 1.86. The zero-order valence-corrected chi connectivity index (χ0v) is 8.61. The first-order valence-corrected chi connectivity index (χ1v) is 5.47. The van der Waals surface area contributed by atoms with E-state index in [4.69, 9.17) is 0 Å². The molecule has 0 saturated carbocycles. The number of nitrogens with zero attached hydrogens (tertiary/aromatic N) is 2. The highest BCUT2D eigenvalue weighted by atomic mass is 32.2. The van der Waals surface area contributed by atoms with Crippen molar-refractivity contribution in [1.29, 1.82) is 0 Å². The number of hydrogen-bond acceptors (Lipinski definition) is 3. The van der Waals surface area contributed by atoms with Crippen LogP contribution in [0.15, 0.2) is 6.20 Å². The van der Waals surface area contributed by atoms with E-state index in [0.29, 0.717) is 0 Å². The van der Waals surface area contributed by atoms with Crippen molar-refractivity contribution in [3.8, 4) is 0 Å². The van der Waals surface area contributed by atoms with E-state index in [2.05, 4.69) is 30.1 Å². The number of rotatable bonds is 3. The summed E-state index contributed by atoms with van der Waals surface area (Å²) in [6.07, 6.45) is 4.97. The van der Waals surface area contributed by atoms with Crippen LogP contribution in [0.4, 0.5) is 0 Å². The Morgan fingerprint density at radius 1 is 1.50 bits per heavy atom. The fourth-order valence-corrected chi connectivity index (χ4v) is 1.47. The van der Waals surface area contributed by atoms with E-state index >= 15 is 0 Å². The van der Waals surface area contributed by atoms with Crippen molar-refractivity contribution < 1.29 is 0 Å². The highest BCUT2D eigenvalue weighted by molar-refractivity contribution is 7.97. The van der Waals surface area contributed by atoms with Crippen LogP contribution in [-0.2, 0) is 12.2 Å². The zero-order chi connectivity index (χ0) is 8.97. The van der Waals surface area contributed by atoms with Crippen molar-refractivity contribution in [3.63, 3.8) is 0 Å². The summed E-state index contributed by atoms with van der Waals surface area (Å²) in [5.41, 5.74) is 2.37. The fraction of sp³-hybridized carbons (Fsp3) is 0.556. The molecule has 1 aromatic rings. The maximum Gasteiger partial charge on any atom is 0.138 e. The van der Waals surface area contributed by atoms with Crippen molar-refractivity contribution in [2.75, 3.05) is 6.26 Å². The van der Waals surface area contributed by atoms with Gasteiger partial charge in [0.2, 0.25) is 0 Å². The molecular formula is C9H14N2S. The van der Waals surface area contributed by atoms with Gasteiger partial charge in [0.1, 0.15) is 5.82 Å². The zero-order valence-electron chi connectivity index (χ0n) is 7.79. The molecule has 0 aliphatic rings. The lowest BCUT2D eigenvalue weighted by molar-refractivity contribution is 0.918. The highest BCUT2D eigenvalue weighted by Crippen LogP contribution is 2.08. The van der Waals surface area contributed by atoms with Crippen LogP contribution >= 0.6 is 11.8 Å². The minimum absolute atomic E-state index is 0.910. The molecule has 0 amide bonds. The van der Waals surface area contributed by atoms with Gasteiger partial charge in [-0.3, -0.25) is 0 Å². The molecule has 0 radical (unpaired) electrons. The van der Waals surface area contributed by atoms with Crippen molar-refractivity contribution in [1.82, 2.24) is 9.97 Å². The van der Waals surface area contributed by atoms with Gasteiger partial charge in [0.15, 0.2) is 0 Å². The standard InChI is InChI=1S/C9H14N2S/c1-4-8-7(2)5-10-9(11-8)6-12-3/h5H,4,6H2,1-3H3. The SMILES string of the molecule is CCc1nc(CSC)ncc1C. The summed E-state index contributed by atoms with van der Waals surface area (Å²) in [6, 6.07) is 0. The molecular weight excluding hydrogens is 168 g/mol. The molecule has 0 unspecified atom stereocenters. The predicted molar refractivity (Wildman–Crippen MR) is 53.4 cm³/mol. The van der Waals surface area contributed by atoms with Crippen LogP contribution < -0.4 is 0 Å². The first-order chi connectivity index (χ1) is 5.77. The molecule has 0 saturated heterocycles. The molecule has 0 atom stereocenters. The van der Waals surface area contributed by atoms with E-state index in [1.807, 2.05) is 6.20 Å². The Kier molecular flexibility index (Phi) is 3.53. The molecule has 0 bridgehead atoms. The lowest BCUT2D eigenvalue weighted by Crippen LogP contribution is -1.99. The van der Waals surface area contributed by atoms with Gasteiger partial charge in [0, 0.05) is 11.9 Å². The minimum Gasteiger partial charge on any atom is -0.240 e. The molecule has 0 spiro atoms. The van der Waals surface area contributed by atoms with Gasteiger partial charge in [-0.15, -0.1) is 0 Å². The topological polar surface area (TPSA) is 25.8 Å². The third kappa shape index (κ3) is 2.21. The lowest BCUT2D eigenvalue weighted by atomic mass is 10.2. The first kappa shape index (κ1) is 9.52. The van der Waals surface area contributed by atoms with Crippen molar-refractivity contribution in [2.45, 2.75) is 26.0 Å². The van der Waals surface area contributed by atoms with Crippen LogP contribution in [-0.4, -0.2) is 16.2 Å². The van der Waals surface area contributed by atoms with Crippen molar-refractivity contribution >= 4 is 11.8 Å². The van der Waals surface area contributed by atoms with Crippen molar-refractivity contribution in [2.24, 2.45) is 0 Å². The second kappa shape index (κ2) is 4.45. The summed E-state index contributed by atoms with van der Waals surface area (Å²) in [6.45, 7) is 4.18. The number of aromatic nitrogens is 2. The summed E-state index contributed by atoms with van der Waals surface area (Å²) in [7, 11) is 0. The molecule has 0 aliphatic carbocycles. The molecule has 66 valence electrons. The maximum absolute atomic E-state index is 4.45. The summed E-state index contributed by atoms with van der Waals surface area (Å²) < 4.78 is 0. The van der Waals surface area contributed by atoms with Gasteiger partial charge in [0.05, 0.1) is 5.75 Å². The molecule has 1 aromatic heterocycles. The van der Waals surface area contributed by atoms with E-state index in [1.54, 1.807) is 11.8 Å². The average Bonchev–Trinajstić information content (AvgIpc) is 2.09. The Hall–Kier alpha value is -0.570. The smallest absolute Gasteiger partial charge is 0.138 e. The molecule has 12 heavy (non-hydrogen) atoms.